The number of carbonyl (C=O) groups excluding carboxylic acids is 1. The van der Waals surface area contributed by atoms with E-state index in [0.29, 0.717) is 37.4 Å². The Kier molecular flexibility index (Phi) is 8.02. The molecule has 154 valence electrons. The monoisotopic (exact) mass is 405 g/mol. The molecule has 1 aliphatic heterocycles. The predicted molar refractivity (Wildman–Crippen MR) is 109 cm³/mol. The van der Waals surface area contributed by atoms with Gasteiger partial charge in [0, 0.05) is 25.0 Å². The molecule has 1 atom stereocenters. The van der Waals surface area contributed by atoms with Crippen molar-refractivity contribution in [3.63, 3.8) is 0 Å². The van der Waals surface area contributed by atoms with Gasteiger partial charge in [-0.15, -0.1) is 0 Å². The number of nitrogens with one attached hydrogen (secondary N) is 1. The van der Waals surface area contributed by atoms with Crippen LogP contribution < -0.4 is 5.32 Å². The Morgan fingerprint density at radius 1 is 1.18 bits per heavy atom. The third-order valence-corrected chi connectivity index (χ3v) is 7.17. The molecule has 28 heavy (non-hydrogen) atoms. The summed E-state index contributed by atoms with van der Waals surface area (Å²) in [7, 11) is -3.59. The van der Waals surface area contributed by atoms with Crippen molar-refractivity contribution in [1.82, 2.24) is 9.62 Å². The molecule has 0 aliphatic carbocycles. The summed E-state index contributed by atoms with van der Waals surface area (Å²) >= 11 is 0. The fourth-order valence-electron chi connectivity index (χ4n) is 3.47. The molecule has 6 nitrogen and oxygen atoms in total. The summed E-state index contributed by atoms with van der Waals surface area (Å²) in [5.41, 5.74) is 0.428. The van der Waals surface area contributed by atoms with E-state index < -0.39 is 10.0 Å². The van der Waals surface area contributed by atoms with Gasteiger partial charge in [-0.25, -0.2) is 8.42 Å². The average molecular weight is 406 g/mol. The molecule has 1 saturated heterocycles. The number of piperidine rings is 1. The van der Waals surface area contributed by atoms with Gasteiger partial charge in [-0.2, -0.15) is 9.57 Å². The summed E-state index contributed by atoms with van der Waals surface area (Å²) in [6.07, 6.45) is 4.28. The van der Waals surface area contributed by atoms with E-state index in [1.165, 1.54) is 28.6 Å². The normalized spacial score (nSPS) is 17.2. The Labute approximate surface area is 169 Å². The third kappa shape index (κ3) is 6.05. The van der Waals surface area contributed by atoms with Gasteiger partial charge in [-0.1, -0.05) is 26.7 Å². The second kappa shape index (κ2) is 10.0. The van der Waals surface area contributed by atoms with Crippen LogP contribution >= 0.6 is 0 Å². The maximum Gasteiger partial charge on any atom is 0.243 e. The minimum Gasteiger partial charge on any atom is -0.353 e. The van der Waals surface area contributed by atoms with Crippen LogP contribution in [0.1, 0.15) is 58.4 Å². The number of amides is 1. The highest BCUT2D eigenvalue weighted by Gasteiger charge is 2.32. The number of nitrogens with zero attached hydrogens (tertiary/aromatic N) is 2. The van der Waals surface area contributed by atoms with Gasteiger partial charge in [0.15, 0.2) is 0 Å². The van der Waals surface area contributed by atoms with E-state index in [-0.39, 0.29) is 22.8 Å². The second-order valence-electron chi connectivity index (χ2n) is 8.05. The van der Waals surface area contributed by atoms with Crippen molar-refractivity contribution in [2.45, 2.75) is 63.8 Å². The quantitative estimate of drug-likeness (QED) is 0.718. The van der Waals surface area contributed by atoms with Crippen molar-refractivity contribution >= 4 is 15.9 Å². The number of benzene rings is 1. The molecule has 0 spiro atoms. The summed E-state index contributed by atoms with van der Waals surface area (Å²) in [5.74, 6) is 0.567. The third-order valence-electron chi connectivity index (χ3n) is 5.25. The summed E-state index contributed by atoms with van der Waals surface area (Å²) in [4.78, 5) is 12.7. The standard InChI is InChI=1S/C21H31N3O3S/c1-16(2)5-4-6-17(3)23-21(25)19-11-13-24(14-12-19)28(26,27)20-9-7-18(15-22)8-10-20/h7-10,16-17,19H,4-6,11-14H2,1-3H3,(H,23,25). The summed E-state index contributed by atoms with van der Waals surface area (Å²) in [6, 6.07) is 8.07. The number of rotatable bonds is 8. The molecule has 0 radical (unpaired) electrons. The lowest BCUT2D eigenvalue weighted by Crippen LogP contribution is -2.44. The molecule has 0 saturated carbocycles. The fourth-order valence-corrected chi connectivity index (χ4v) is 4.94. The maximum absolute atomic E-state index is 12.8. The zero-order valence-electron chi connectivity index (χ0n) is 17.0. The first-order valence-corrected chi connectivity index (χ1v) is 11.5. The zero-order valence-corrected chi connectivity index (χ0v) is 17.8. The van der Waals surface area contributed by atoms with E-state index in [4.69, 9.17) is 5.26 Å². The van der Waals surface area contributed by atoms with Crippen LogP contribution in [0, 0.1) is 23.2 Å². The lowest BCUT2D eigenvalue weighted by molar-refractivity contribution is -0.126. The highest BCUT2D eigenvalue weighted by molar-refractivity contribution is 7.89. The fraction of sp³-hybridized carbons (Fsp3) is 0.619. The molecule has 1 fully saturated rings. The molecule has 7 heteroatoms. The van der Waals surface area contributed by atoms with Crippen molar-refractivity contribution in [2.24, 2.45) is 11.8 Å². The van der Waals surface area contributed by atoms with Crippen molar-refractivity contribution in [2.75, 3.05) is 13.1 Å². The van der Waals surface area contributed by atoms with E-state index in [1.807, 2.05) is 13.0 Å². The van der Waals surface area contributed by atoms with Crippen LogP contribution in [0.5, 0.6) is 0 Å². The van der Waals surface area contributed by atoms with E-state index in [2.05, 4.69) is 19.2 Å². The van der Waals surface area contributed by atoms with E-state index in [9.17, 15) is 13.2 Å². The number of sulfonamides is 1. The van der Waals surface area contributed by atoms with Crippen LogP contribution in [-0.4, -0.2) is 37.8 Å². The molecule has 1 unspecified atom stereocenters. The Morgan fingerprint density at radius 3 is 2.32 bits per heavy atom. The van der Waals surface area contributed by atoms with Gasteiger partial charge in [-0.05, 0) is 56.4 Å². The van der Waals surface area contributed by atoms with Crippen LogP contribution in [0.15, 0.2) is 29.2 Å². The first-order chi connectivity index (χ1) is 13.2. The van der Waals surface area contributed by atoms with E-state index in [0.717, 1.165) is 19.3 Å². The SMILES string of the molecule is CC(C)CCCC(C)NC(=O)C1CCN(S(=O)(=O)c2ccc(C#N)cc2)CC1. The van der Waals surface area contributed by atoms with E-state index >= 15 is 0 Å². The van der Waals surface area contributed by atoms with Gasteiger partial charge in [0.1, 0.15) is 0 Å². The van der Waals surface area contributed by atoms with Gasteiger partial charge in [0.25, 0.3) is 0 Å². The molecule has 1 N–H and O–H groups in total. The minimum absolute atomic E-state index is 0.0347. The Bertz CT molecular complexity index is 789. The molecule has 1 aliphatic rings. The number of hydrogen-bond donors (Lipinski definition) is 1. The smallest absolute Gasteiger partial charge is 0.243 e. The molecule has 1 heterocycles. The molecule has 2 rings (SSSR count). The molecule has 1 amide bonds. The second-order valence-corrected chi connectivity index (χ2v) is 9.99. The van der Waals surface area contributed by atoms with Gasteiger partial charge in [0.05, 0.1) is 16.5 Å². The highest BCUT2D eigenvalue weighted by atomic mass is 32.2. The molecule has 1 aromatic carbocycles. The molecule has 0 bridgehead atoms. The number of hydrogen-bond acceptors (Lipinski definition) is 4. The van der Waals surface area contributed by atoms with Crippen LogP contribution in [-0.2, 0) is 14.8 Å². The summed E-state index contributed by atoms with van der Waals surface area (Å²) in [6.45, 7) is 7.10. The van der Waals surface area contributed by atoms with Crippen LogP contribution in [0.25, 0.3) is 0 Å². The predicted octanol–water partition coefficient (Wildman–Crippen LogP) is 3.29. The van der Waals surface area contributed by atoms with E-state index in [1.54, 1.807) is 0 Å². The largest absolute Gasteiger partial charge is 0.353 e. The molecular formula is C21H31N3O3S. The zero-order chi connectivity index (χ0) is 20.7. The van der Waals surface area contributed by atoms with Crippen molar-refractivity contribution in [3.05, 3.63) is 29.8 Å². The maximum atomic E-state index is 12.8. The van der Waals surface area contributed by atoms with Crippen molar-refractivity contribution < 1.29 is 13.2 Å². The van der Waals surface area contributed by atoms with Crippen LogP contribution in [0.3, 0.4) is 0 Å². The Morgan fingerprint density at radius 2 is 1.79 bits per heavy atom. The summed E-state index contributed by atoms with van der Waals surface area (Å²) < 4.78 is 26.9. The van der Waals surface area contributed by atoms with Crippen LogP contribution in [0.4, 0.5) is 0 Å². The average Bonchev–Trinajstić information content (AvgIpc) is 2.67. The Hall–Kier alpha value is -1.91. The lowest BCUT2D eigenvalue weighted by atomic mass is 9.96. The number of carbonyl (C=O) groups is 1. The topological polar surface area (TPSA) is 90.3 Å². The first-order valence-electron chi connectivity index (χ1n) is 10.0. The van der Waals surface area contributed by atoms with Gasteiger partial charge >= 0.3 is 0 Å². The van der Waals surface area contributed by atoms with Gasteiger partial charge < -0.3 is 5.32 Å². The Balaban J connectivity index is 1.85. The molecule has 0 aromatic heterocycles. The van der Waals surface area contributed by atoms with Crippen LogP contribution in [0.2, 0.25) is 0 Å². The van der Waals surface area contributed by atoms with Gasteiger partial charge in [0.2, 0.25) is 15.9 Å². The number of nitriles is 1. The minimum atomic E-state index is -3.59. The van der Waals surface area contributed by atoms with Crippen molar-refractivity contribution in [3.8, 4) is 6.07 Å². The van der Waals surface area contributed by atoms with Crippen molar-refractivity contribution in [1.29, 1.82) is 5.26 Å². The van der Waals surface area contributed by atoms with Gasteiger partial charge in [-0.3, -0.25) is 4.79 Å². The lowest BCUT2D eigenvalue weighted by Gasteiger charge is -2.31. The molecular weight excluding hydrogens is 374 g/mol. The first kappa shape index (κ1) is 22.4. The summed E-state index contributed by atoms with van der Waals surface area (Å²) in [5, 5.41) is 11.9. The molecule has 1 aromatic rings. The highest BCUT2D eigenvalue weighted by Crippen LogP contribution is 2.24.